The molecule has 6 nitrogen and oxygen atoms in total. The van der Waals surface area contributed by atoms with Crippen molar-refractivity contribution < 1.29 is 19.4 Å². The minimum Gasteiger partial charge on any atom is -0.478 e. The first-order valence-electron chi connectivity index (χ1n) is 6.71. The van der Waals surface area contributed by atoms with E-state index in [1.807, 2.05) is 4.90 Å². The first-order chi connectivity index (χ1) is 9.61. The van der Waals surface area contributed by atoms with Gasteiger partial charge in [-0.05, 0) is 25.8 Å². The van der Waals surface area contributed by atoms with Crippen LogP contribution in [0, 0.1) is 5.92 Å². The molecule has 1 saturated heterocycles. The SMILES string of the molecule is CCOC(=O)C1CCCN(c2cncc(C(=O)O)c2)C1. The Labute approximate surface area is 117 Å². The molecule has 1 fully saturated rings. The van der Waals surface area contributed by atoms with Crippen LogP contribution in [0.5, 0.6) is 0 Å². The van der Waals surface area contributed by atoms with Crippen LogP contribution in [0.25, 0.3) is 0 Å². The third-order valence-corrected chi connectivity index (χ3v) is 3.38. The molecule has 1 aliphatic heterocycles. The Balaban J connectivity index is 2.10. The largest absolute Gasteiger partial charge is 0.478 e. The second-order valence-corrected chi connectivity index (χ2v) is 4.77. The Morgan fingerprint density at radius 2 is 2.30 bits per heavy atom. The number of esters is 1. The van der Waals surface area contributed by atoms with Crippen molar-refractivity contribution in [3.05, 3.63) is 24.0 Å². The molecule has 0 spiro atoms. The van der Waals surface area contributed by atoms with Crippen molar-refractivity contribution in [1.82, 2.24) is 4.98 Å². The van der Waals surface area contributed by atoms with Crippen LogP contribution in [0.4, 0.5) is 5.69 Å². The number of hydrogen-bond donors (Lipinski definition) is 1. The highest BCUT2D eigenvalue weighted by Gasteiger charge is 2.27. The maximum atomic E-state index is 11.8. The Kier molecular flexibility index (Phi) is 4.55. The molecule has 0 saturated carbocycles. The Bertz CT molecular complexity index is 504. The lowest BCUT2D eigenvalue weighted by Crippen LogP contribution is -2.39. The summed E-state index contributed by atoms with van der Waals surface area (Å²) in [7, 11) is 0. The number of carbonyl (C=O) groups is 2. The van der Waals surface area contributed by atoms with E-state index in [1.54, 1.807) is 19.2 Å². The van der Waals surface area contributed by atoms with Crippen molar-refractivity contribution >= 4 is 17.6 Å². The van der Waals surface area contributed by atoms with E-state index in [1.165, 1.54) is 6.20 Å². The van der Waals surface area contributed by atoms with E-state index in [-0.39, 0.29) is 17.5 Å². The molecule has 1 N–H and O–H groups in total. The number of pyridine rings is 1. The minimum absolute atomic E-state index is 0.153. The van der Waals surface area contributed by atoms with Crippen LogP contribution in [0.1, 0.15) is 30.1 Å². The molecule has 2 rings (SSSR count). The smallest absolute Gasteiger partial charge is 0.337 e. The van der Waals surface area contributed by atoms with Gasteiger partial charge in [0, 0.05) is 19.3 Å². The molecule has 20 heavy (non-hydrogen) atoms. The summed E-state index contributed by atoms with van der Waals surface area (Å²) in [5, 5.41) is 8.99. The lowest BCUT2D eigenvalue weighted by atomic mass is 9.98. The van der Waals surface area contributed by atoms with E-state index in [4.69, 9.17) is 9.84 Å². The zero-order chi connectivity index (χ0) is 14.5. The van der Waals surface area contributed by atoms with Gasteiger partial charge >= 0.3 is 11.9 Å². The normalized spacial score (nSPS) is 18.6. The summed E-state index contributed by atoms with van der Waals surface area (Å²) in [6.07, 6.45) is 4.63. The van der Waals surface area contributed by atoms with Crippen LogP contribution < -0.4 is 4.90 Å². The molecule has 2 heterocycles. The van der Waals surface area contributed by atoms with Crippen molar-refractivity contribution in [2.45, 2.75) is 19.8 Å². The second kappa shape index (κ2) is 6.36. The summed E-state index contributed by atoms with van der Waals surface area (Å²) >= 11 is 0. The number of nitrogens with zero attached hydrogens (tertiary/aromatic N) is 2. The molecule has 1 atom stereocenters. The average molecular weight is 278 g/mol. The Hall–Kier alpha value is -2.11. The molecule has 1 aromatic heterocycles. The number of ether oxygens (including phenoxy) is 1. The van der Waals surface area contributed by atoms with Gasteiger partial charge in [-0.25, -0.2) is 4.79 Å². The molecule has 0 aliphatic carbocycles. The van der Waals surface area contributed by atoms with Crippen LogP contribution in [0.2, 0.25) is 0 Å². The highest BCUT2D eigenvalue weighted by atomic mass is 16.5. The van der Waals surface area contributed by atoms with Gasteiger partial charge in [0.25, 0.3) is 0 Å². The molecule has 0 amide bonds. The monoisotopic (exact) mass is 278 g/mol. The van der Waals surface area contributed by atoms with Gasteiger partial charge in [0.2, 0.25) is 0 Å². The summed E-state index contributed by atoms with van der Waals surface area (Å²) in [5.41, 5.74) is 0.889. The highest BCUT2D eigenvalue weighted by molar-refractivity contribution is 5.88. The third kappa shape index (κ3) is 3.26. The van der Waals surface area contributed by atoms with E-state index in [0.29, 0.717) is 13.2 Å². The first-order valence-corrected chi connectivity index (χ1v) is 6.71. The van der Waals surface area contributed by atoms with Crippen LogP contribution in [0.3, 0.4) is 0 Å². The zero-order valence-electron chi connectivity index (χ0n) is 11.4. The molecule has 0 aromatic carbocycles. The third-order valence-electron chi connectivity index (χ3n) is 3.38. The molecule has 0 radical (unpaired) electrons. The molecule has 6 heteroatoms. The van der Waals surface area contributed by atoms with E-state index < -0.39 is 5.97 Å². The van der Waals surface area contributed by atoms with Crippen molar-refractivity contribution in [2.24, 2.45) is 5.92 Å². The second-order valence-electron chi connectivity index (χ2n) is 4.77. The van der Waals surface area contributed by atoms with Gasteiger partial charge in [0.15, 0.2) is 0 Å². The number of carboxylic acids is 1. The molecular weight excluding hydrogens is 260 g/mol. The Morgan fingerprint density at radius 3 is 3.00 bits per heavy atom. The number of piperidine rings is 1. The topological polar surface area (TPSA) is 79.7 Å². The van der Waals surface area contributed by atoms with E-state index >= 15 is 0 Å². The van der Waals surface area contributed by atoms with Crippen LogP contribution in [-0.2, 0) is 9.53 Å². The van der Waals surface area contributed by atoms with Gasteiger partial charge in [0.05, 0.1) is 30.0 Å². The predicted molar refractivity (Wildman–Crippen MR) is 72.8 cm³/mol. The van der Waals surface area contributed by atoms with Crippen LogP contribution in [-0.4, -0.2) is 41.7 Å². The quantitative estimate of drug-likeness (QED) is 0.842. The van der Waals surface area contributed by atoms with E-state index in [0.717, 1.165) is 25.1 Å². The molecule has 1 aromatic rings. The maximum absolute atomic E-state index is 11.8. The summed E-state index contributed by atoms with van der Waals surface area (Å²) < 4.78 is 5.05. The standard InChI is InChI=1S/C14H18N2O4/c1-2-20-14(19)10-4-3-5-16(9-10)12-6-11(13(17)18)7-15-8-12/h6-8,10H,2-5,9H2,1H3,(H,17,18). The highest BCUT2D eigenvalue weighted by Crippen LogP contribution is 2.24. The fourth-order valence-corrected chi connectivity index (χ4v) is 2.38. The molecular formula is C14H18N2O4. The number of carbonyl (C=O) groups excluding carboxylic acids is 1. The van der Waals surface area contributed by atoms with Crippen molar-refractivity contribution in [3.8, 4) is 0 Å². The summed E-state index contributed by atoms with van der Waals surface area (Å²) in [5.74, 6) is -1.34. The number of aromatic nitrogens is 1. The number of rotatable bonds is 4. The van der Waals surface area contributed by atoms with Gasteiger partial charge in [0.1, 0.15) is 0 Å². The molecule has 108 valence electrons. The summed E-state index contributed by atoms with van der Waals surface area (Å²) in [4.78, 5) is 28.7. The Morgan fingerprint density at radius 1 is 1.50 bits per heavy atom. The fourth-order valence-electron chi connectivity index (χ4n) is 2.38. The molecule has 1 aliphatic rings. The number of aromatic carboxylic acids is 1. The van der Waals surface area contributed by atoms with E-state index in [2.05, 4.69) is 4.98 Å². The number of anilines is 1. The zero-order valence-corrected chi connectivity index (χ0v) is 11.4. The van der Waals surface area contributed by atoms with Gasteiger partial charge < -0.3 is 14.7 Å². The van der Waals surface area contributed by atoms with Crippen LogP contribution >= 0.6 is 0 Å². The van der Waals surface area contributed by atoms with Gasteiger partial charge in [-0.3, -0.25) is 9.78 Å². The molecule has 0 bridgehead atoms. The lowest BCUT2D eigenvalue weighted by Gasteiger charge is -2.33. The van der Waals surface area contributed by atoms with Crippen molar-refractivity contribution in [1.29, 1.82) is 0 Å². The predicted octanol–water partition coefficient (Wildman–Crippen LogP) is 1.56. The lowest BCUT2D eigenvalue weighted by molar-refractivity contribution is -0.148. The van der Waals surface area contributed by atoms with Crippen molar-refractivity contribution in [3.63, 3.8) is 0 Å². The minimum atomic E-state index is -1.00. The number of carboxylic acid groups (broad SMARTS) is 1. The first kappa shape index (κ1) is 14.3. The van der Waals surface area contributed by atoms with Gasteiger partial charge in [-0.2, -0.15) is 0 Å². The van der Waals surface area contributed by atoms with Crippen LogP contribution in [0.15, 0.2) is 18.5 Å². The number of hydrogen-bond acceptors (Lipinski definition) is 5. The summed E-state index contributed by atoms with van der Waals surface area (Å²) in [6, 6.07) is 1.59. The van der Waals surface area contributed by atoms with Gasteiger partial charge in [-0.1, -0.05) is 0 Å². The fraction of sp³-hybridized carbons (Fsp3) is 0.500. The van der Waals surface area contributed by atoms with E-state index in [9.17, 15) is 9.59 Å². The average Bonchev–Trinajstić information content (AvgIpc) is 2.48. The van der Waals surface area contributed by atoms with Gasteiger partial charge in [-0.15, -0.1) is 0 Å². The maximum Gasteiger partial charge on any atom is 0.337 e. The summed E-state index contributed by atoms with van der Waals surface area (Å²) in [6.45, 7) is 3.51. The van der Waals surface area contributed by atoms with Crippen molar-refractivity contribution in [2.75, 3.05) is 24.6 Å². The molecule has 1 unspecified atom stereocenters.